The molecule has 0 atom stereocenters. The fourth-order valence-corrected chi connectivity index (χ4v) is 2.98. The van der Waals surface area contributed by atoms with Gasteiger partial charge in [-0.15, -0.1) is 0 Å². The fraction of sp³-hybridized carbons (Fsp3) is 0.250. The Bertz CT molecular complexity index is 1050. The van der Waals surface area contributed by atoms with Gasteiger partial charge in [-0.25, -0.2) is 9.07 Å². The van der Waals surface area contributed by atoms with E-state index in [9.17, 15) is 14.0 Å². The van der Waals surface area contributed by atoms with Crippen LogP contribution in [-0.2, 0) is 6.54 Å². The second kappa shape index (κ2) is 7.99. The zero-order chi connectivity index (χ0) is 19.4. The number of pyridine rings is 2. The fourth-order valence-electron chi connectivity index (χ4n) is 2.98. The third kappa shape index (κ3) is 3.81. The second-order valence-corrected chi connectivity index (χ2v) is 6.24. The summed E-state index contributed by atoms with van der Waals surface area (Å²) in [4.78, 5) is 29.7. The van der Waals surface area contributed by atoms with E-state index in [0.717, 1.165) is 6.42 Å². The van der Waals surface area contributed by atoms with Crippen molar-refractivity contribution in [2.45, 2.75) is 26.8 Å². The van der Waals surface area contributed by atoms with Gasteiger partial charge in [-0.05, 0) is 37.1 Å². The van der Waals surface area contributed by atoms with E-state index in [-0.39, 0.29) is 23.8 Å². The first-order valence-electron chi connectivity index (χ1n) is 8.78. The van der Waals surface area contributed by atoms with Crippen LogP contribution in [0.15, 0.2) is 47.5 Å². The number of amides is 1. The van der Waals surface area contributed by atoms with Crippen molar-refractivity contribution in [3.63, 3.8) is 0 Å². The summed E-state index contributed by atoms with van der Waals surface area (Å²) in [5, 5.41) is 3.71. The molecule has 7 heteroatoms. The highest BCUT2D eigenvalue weighted by Crippen LogP contribution is 2.18. The number of rotatable bonds is 6. The van der Waals surface area contributed by atoms with E-state index in [1.54, 1.807) is 25.1 Å². The van der Waals surface area contributed by atoms with Crippen molar-refractivity contribution in [2.75, 3.05) is 12.0 Å². The number of hydrogen-bond donors (Lipinski definition) is 2. The molecule has 0 radical (unpaired) electrons. The van der Waals surface area contributed by atoms with Gasteiger partial charge in [-0.2, -0.15) is 0 Å². The first kappa shape index (κ1) is 18.6. The van der Waals surface area contributed by atoms with Crippen LogP contribution < -0.4 is 16.3 Å². The molecule has 140 valence electrons. The predicted octanol–water partition coefficient (Wildman–Crippen LogP) is 2.73. The van der Waals surface area contributed by atoms with Crippen LogP contribution in [0, 0.1) is 12.7 Å². The second-order valence-electron chi connectivity index (χ2n) is 6.24. The molecular weight excluding hydrogens is 347 g/mol. The van der Waals surface area contributed by atoms with Crippen LogP contribution >= 0.6 is 0 Å². The average molecular weight is 368 g/mol. The Morgan fingerprint density at radius 1 is 1.26 bits per heavy atom. The Hall–Kier alpha value is -3.22. The maximum absolute atomic E-state index is 13.3. The van der Waals surface area contributed by atoms with Crippen molar-refractivity contribution in [2.24, 2.45) is 0 Å². The number of benzene rings is 1. The highest BCUT2D eigenvalue weighted by Gasteiger charge is 2.19. The molecule has 0 aliphatic rings. The third-order valence-electron chi connectivity index (χ3n) is 4.31. The van der Waals surface area contributed by atoms with Crippen molar-refractivity contribution < 1.29 is 9.18 Å². The Kier molecular flexibility index (Phi) is 5.49. The Morgan fingerprint density at radius 2 is 2.07 bits per heavy atom. The first-order valence-corrected chi connectivity index (χ1v) is 8.78. The van der Waals surface area contributed by atoms with Crippen LogP contribution in [0.5, 0.6) is 0 Å². The number of nitrogens with one attached hydrogen (secondary N) is 2. The Labute approximate surface area is 156 Å². The van der Waals surface area contributed by atoms with Gasteiger partial charge >= 0.3 is 0 Å². The Balaban J connectivity index is 2.01. The van der Waals surface area contributed by atoms with Gasteiger partial charge in [0.2, 0.25) is 0 Å². The number of aromatic nitrogens is 2. The normalized spacial score (nSPS) is 10.8. The minimum Gasteiger partial charge on any atom is -0.348 e. The van der Waals surface area contributed by atoms with E-state index in [2.05, 4.69) is 15.7 Å². The SMILES string of the molecule is CCCNn1c(C)c(C(=O)NCc2cccc(F)c2)c2cnccc2c1=O. The van der Waals surface area contributed by atoms with Gasteiger partial charge in [0.25, 0.3) is 11.5 Å². The predicted molar refractivity (Wildman–Crippen MR) is 103 cm³/mol. The van der Waals surface area contributed by atoms with Gasteiger partial charge in [0.1, 0.15) is 5.82 Å². The van der Waals surface area contributed by atoms with Gasteiger partial charge in [0, 0.05) is 30.9 Å². The molecular formula is C20H21FN4O2. The van der Waals surface area contributed by atoms with Crippen molar-refractivity contribution in [3.05, 3.63) is 75.7 Å². The molecule has 1 aromatic carbocycles. The molecule has 0 saturated heterocycles. The van der Waals surface area contributed by atoms with Gasteiger partial charge in [-0.3, -0.25) is 14.6 Å². The molecule has 0 unspecified atom stereocenters. The monoisotopic (exact) mass is 368 g/mol. The third-order valence-corrected chi connectivity index (χ3v) is 4.31. The molecule has 0 aliphatic heterocycles. The van der Waals surface area contributed by atoms with Crippen LogP contribution in [0.1, 0.15) is 35.0 Å². The largest absolute Gasteiger partial charge is 0.348 e. The zero-order valence-corrected chi connectivity index (χ0v) is 15.3. The molecule has 2 heterocycles. The molecule has 3 rings (SSSR count). The van der Waals surface area contributed by atoms with Gasteiger partial charge in [0.15, 0.2) is 0 Å². The molecule has 0 saturated carbocycles. The number of carbonyl (C=O) groups excluding carboxylic acids is 1. The number of carbonyl (C=O) groups is 1. The van der Waals surface area contributed by atoms with E-state index in [1.165, 1.54) is 29.2 Å². The van der Waals surface area contributed by atoms with E-state index in [4.69, 9.17) is 0 Å². The van der Waals surface area contributed by atoms with Crippen LogP contribution in [0.4, 0.5) is 4.39 Å². The minimum absolute atomic E-state index is 0.180. The lowest BCUT2D eigenvalue weighted by molar-refractivity contribution is 0.0951. The molecule has 1 amide bonds. The maximum atomic E-state index is 13.3. The molecule has 2 N–H and O–H groups in total. The number of nitrogens with zero attached hydrogens (tertiary/aromatic N) is 2. The van der Waals surface area contributed by atoms with E-state index in [1.807, 2.05) is 6.92 Å². The van der Waals surface area contributed by atoms with E-state index in [0.29, 0.717) is 34.1 Å². The standard InChI is InChI=1S/C20H21FN4O2/c1-3-8-24-25-13(2)18(17-12-22-9-7-16(17)20(25)27)19(26)23-11-14-5-4-6-15(21)10-14/h4-7,9-10,12,24H,3,8,11H2,1-2H3,(H,23,26). The molecule has 0 fully saturated rings. The summed E-state index contributed by atoms with van der Waals surface area (Å²) >= 11 is 0. The summed E-state index contributed by atoms with van der Waals surface area (Å²) in [5.74, 6) is -0.702. The maximum Gasteiger partial charge on any atom is 0.277 e. The highest BCUT2D eigenvalue weighted by molar-refractivity contribution is 6.07. The van der Waals surface area contributed by atoms with Crippen LogP contribution in [0.2, 0.25) is 0 Å². The summed E-state index contributed by atoms with van der Waals surface area (Å²) in [6.07, 6.45) is 3.88. The topological polar surface area (TPSA) is 76.0 Å². The lowest BCUT2D eigenvalue weighted by Gasteiger charge is -2.18. The van der Waals surface area contributed by atoms with Crippen molar-refractivity contribution >= 4 is 16.7 Å². The number of halogens is 1. The van der Waals surface area contributed by atoms with Crippen LogP contribution in [-0.4, -0.2) is 22.1 Å². The molecule has 0 spiro atoms. The molecule has 2 aromatic heterocycles. The summed E-state index contributed by atoms with van der Waals surface area (Å²) in [6, 6.07) is 7.65. The smallest absolute Gasteiger partial charge is 0.277 e. The van der Waals surface area contributed by atoms with Gasteiger partial charge in [0.05, 0.1) is 16.6 Å². The number of hydrogen-bond acceptors (Lipinski definition) is 4. The lowest BCUT2D eigenvalue weighted by atomic mass is 10.1. The van der Waals surface area contributed by atoms with Crippen molar-refractivity contribution in [1.29, 1.82) is 0 Å². The number of fused-ring (bicyclic) bond motifs is 1. The minimum atomic E-state index is -0.357. The summed E-state index contributed by atoms with van der Waals surface area (Å²) in [5.41, 5.74) is 4.36. The average Bonchev–Trinajstić information content (AvgIpc) is 2.66. The zero-order valence-electron chi connectivity index (χ0n) is 15.3. The molecule has 6 nitrogen and oxygen atoms in total. The van der Waals surface area contributed by atoms with Crippen molar-refractivity contribution in [1.82, 2.24) is 15.0 Å². The van der Waals surface area contributed by atoms with Gasteiger partial charge in [-0.1, -0.05) is 19.1 Å². The van der Waals surface area contributed by atoms with Gasteiger partial charge < -0.3 is 10.7 Å². The molecule has 27 heavy (non-hydrogen) atoms. The van der Waals surface area contributed by atoms with Crippen LogP contribution in [0.25, 0.3) is 10.8 Å². The molecule has 0 aliphatic carbocycles. The molecule has 3 aromatic rings. The van der Waals surface area contributed by atoms with E-state index < -0.39 is 0 Å². The lowest BCUT2D eigenvalue weighted by Crippen LogP contribution is -2.35. The summed E-state index contributed by atoms with van der Waals surface area (Å²) < 4.78 is 14.7. The van der Waals surface area contributed by atoms with Crippen LogP contribution in [0.3, 0.4) is 0 Å². The van der Waals surface area contributed by atoms with Crippen molar-refractivity contribution in [3.8, 4) is 0 Å². The first-order chi connectivity index (χ1) is 13.0. The Morgan fingerprint density at radius 3 is 2.81 bits per heavy atom. The van der Waals surface area contributed by atoms with E-state index >= 15 is 0 Å². The quantitative estimate of drug-likeness (QED) is 0.701. The molecule has 0 bridgehead atoms. The summed E-state index contributed by atoms with van der Waals surface area (Å²) in [7, 11) is 0. The summed E-state index contributed by atoms with van der Waals surface area (Å²) in [6.45, 7) is 4.49. The highest BCUT2D eigenvalue weighted by atomic mass is 19.1.